The van der Waals surface area contributed by atoms with Gasteiger partial charge >= 0.3 is 5.97 Å². The van der Waals surface area contributed by atoms with Crippen molar-refractivity contribution in [1.29, 1.82) is 0 Å². The summed E-state index contributed by atoms with van der Waals surface area (Å²) in [6.45, 7) is 4.28. The Balaban J connectivity index is 2.04. The zero-order valence-corrected chi connectivity index (χ0v) is 45.7. The topological polar surface area (TPSA) is 175 Å². The van der Waals surface area contributed by atoms with Crippen LogP contribution in [0.15, 0.2) is 36.5 Å². The zero-order chi connectivity index (χ0) is 51.7. The van der Waals surface area contributed by atoms with Crippen LogP contribution in [-0.2, 0) is 23.8 Å². The predicted molar refractivity (Wildman–Crippen MR) is 292 cm³/mol. The fraction of sp³-hybridized carbons (Fsp3) is 0.867. The summed E-state index contributed by atoms with van der Waals surface area (Å²) in [6.07, 6.45) is 51.0. The highest BCUT2D eigenvalue weighted by Gasteiger charge is 2.44. The average Bonchev–Trinajstić information content (AvgIpc) is 3.37. The van der Waals surface area contributed by atoms with Crippen LogP contribution < -0.4 is 5.32 Å². The van der Waals surface area contributed by atoms with Gasteiger partial charge in [0.05, 0.1) is 32.0 Å². The number of aliphatic hydroxyl groups excluding tert-OH is 5. The van der Waals surface area contributed by atoms with Crippen molar-refractivity contribution in [1.82, 2.24) is 5.32 Å². The van der Waals surface area contributed by atoms with Gasteiger partial charge in [0.1, 0.15) is 24.4 Å². The molecule has 1 amide bonds. The van der Waals surface area contributed by atoms with E-state index in [1.165, 1.54) is 161 Å². The van der Waals surface area contributed by atoms with E-state index in [2.05, 4.69) is 43.5 Å². The van der Waals surface area contributed by atoms with Gasteiger partial charge in [-0.1, -0.05) is 211 Å². The number of esters is 1. The molecule has 0 radical (unpaired) electrons. The summed E-state index contributed by atoms with van der Waals surface area (Å²) in [7, 11) is 0. The van der Waals surface area contributed by atoms with Gasteiger partial charge in [-0.3, -0.25) is 9.59 Å². The molecule has 0 aromatic heterocycles. The maximum Gasteiger partial charge on any atom is 0.305 e. The first kappa shape index (κ1) is 66.9. The summed E-state index contributed by atoms with van der Waals surface area (Å²) in [5.74, 6) is -0.219. The van der Waals surface area contributed by atoms with E-state index in [9.17, 15) is 35.1 Å². The van der Waals surface area contributed by atoms with Gasteiger partial charge in [0, 0.05) is 12.8 Å². The van der Waals surface area contributed by atoms with E-state index in [0.717, 1.165) is 83.5 Å². The molecule has 1 aliphatic rings. The van der Waals surface area contributed by atoms with E-state index in [0.29, 0.717) is 19.4 Å². The van der Waals surface area contributed by atoms with E-state index in [1.54, 1.807) is 6.08 Å². The first-order valence-electron chi connectivity index (χ1n) is 29.8. The van der Waals surface area contributed by atoms with Gasteiger partial charge < -0.3 is 45.1 Å². The van der Waals surface area contributed by atoms with Crippen molar-refractivity contribution in [3.63, 3.8) is 0 Å². The van der Waals surface area contributed by atoms with Crippen molar-refractivity contribution in [2.75, 3.05) is 19.8 Å². The quantitative estimate of drug-likeness (QED) is 0.0195. The number of carbonyl (C=O) groups is 2. The summed E-state index contributed by atoms with van der Waals surface area (Å²) >= 11 is 0. The number of rotatable bonds is 51. The first-order chi connectivity index (χ1) is 34.7. The smallest absolute Gasteiger partial charge is 0.305 e. The Labute approximate surface area is 434 Å². The van der Waals surface area contributed by atoms with Gasteiger partial charge in [-0.25, -0.2) is 0 Å². The van der Waals surface area contributed by atoms with Gasteiger partial charge in [-0.15, -0.1) is 0 Å². The van der Waals surface area contributed by atoms with E-state index in [4.69, 9.17) is 14.2 Å². The maximum atomic E-state index is 13.0. The van der Waals surface area contributed by atoms with E-state index in [1.807, 2.05) is 6.08 Å². The van der Waals surface area contributed by atoms with Crippen LogP contribution >= 0.6 is 0 Å². The Hall–Kier alpha value is -2.12. The third kappa shape index (κ3) is 39.9. The number of ether oxygens (including phenoxy) is 3. The van der Waals surface area contributed by atoms with E-state index >= 15 is 0 Å². The number of allylic oxidation sites excluding steroid dienone is 5. The second kappa shape index (κ2) is 50.1. The van der Waals surface area contributed by atoms with Crippen molar-refractivity contribution in [3.05, 3.63) is 36.5 Å². The van der Waals surface area contributed by atoms with Crippen LogP contribution in [0.25, 0.3) is 0 Å². The van der Waals surface area contributed by atoms with Gasteiger partial charge in [0.15, 0.2) is 6.29 Å². The van der Waals surface area contributed by atoms with Crippen molar-refractivity contribution in [2.24, 2.45) is 0 Å². The molecule has 1 rings (SSSR count). The molecule has 1 saturated heterocycles. The lowest BCUT2D eigenvalue weighted by Gasteiger charge is -2.40. The fourth-order valence-electron chi connectivity index (χ4n) is 9.19. The molecule has 0 aromatic carbocycles. The minimum atomic E-state index is -1.57. The lowest BCUT2D eigenvalue weighted by Crippen LogP contribution is -2.60. The highest BCUT2D eigenvalue weighted by Crippen LogP contribution is 2.23. The Morgan fingerprint density at radius 2 is 0.901 bits per heavy atom. The number of carbonyl (C=O) groups excluding carboxylic acids is 2. The molecule has 71 heavy (non-hydrogen) atoms. The maximum absolute atomic E-state index is 13.0. The summed E-state index contributed by atoms with van der Waals surface area (Å²) in [6, 6.07) is -0.818. The van der Waals surface area contributed by atoms with Crippen molar-refractivity contribution in [2.45, 2.75) is 314 Å². The normalized spacial score (nSPS) is 19.3. The summed E-state index contributed by atoms with van der Waals surface area (Å²) in [4.78, 5) is 25.1. The molecule has 6 N–H and O–H groups in total. The second-order valence-electron chi connectivity index (χ2n) is 20.7. The number of aliphatic hydroxyl groups is 5. The molecule has 1 fully saturated rings. The third-order valence-corrected chi connectivity index (χ3v) is 14.0. The zero-order valence-electron chi connectivity index (χ0n) is 45.7. The predicted octanol–water partition coefficient (Wildman–Crippen LogP) is 13.5. The van der Waals surface area contributed by atoms with E-state index < -0.39 is 49.5 Å². The van der Waals surface area contributed by atoms with E-state index in [-0.39, 0.29) is 18.5 Å². The standard InChI is InChI=1S/C60H111NO10/c1-3-5-7-9-11-13-14-15-16-18-22-25-28-32-36-40-44-48-56(65)69-49-45-41-37-33-29-26-23-20-17-19-21-24-27-31-35-39-43-47-55(64)61-52(53(63)46-42-38-34-30-12-10-8-6-4-2)51-70-60-59(68)58(67)57(66)54(50-62)71-60/h15-17,20,42,46,52-54,57-60,62-63,66-68H,3-14,18-19,21-41,43-45,47-51H2,1-2H3,(H,61,64)/b16-15-,20-17-,46-42+. The number of nitrogens with one attached hydrogen (secondary N) is 1. The van der Waals surface area contributed by atoms with Crippen LogP contribution in [0.4, 0.5) is 0 Å². The van der Waals surface area contributed by atoms with Crippen molar-refractivity contribution < 1.29 is 49.3 Å². The molecule has 7 unspecified atom stereocenters. The molecule has 0 spiro atoms. The van der Waals surface area contributed by atoms with Gasteiger partial charge in [-0.2, -0.15) is 0 Å². The first-order valence-corrected chi connectivity index (χ1v) is 29.8. The minimum absolute atomic E-state index is 0.0224. The summed E-state index contributed by atoms with van der Waals surface area (Å²) in [5.41, 5.74) is 0. The highest BCUT2D eigenvalue weighted by molar-refractivity contribution is 5.76. The average molecular weight is 1010 g/mol. The van der Waals surface area contributed by atoms with Crippen LogP contribution in [0.3, 0.4) is 0 Å². The monoisotopic (exact) mass is 1010 g/mol. The lowest BCUT2D eigenvalue weighted by molar-refractivity contribution is -0.302. The highest BCUT2D eigenvalue weighted by atomic mass is 16.7. The largest absolute Gasteiger partial charge is 0.466 e. The molecule has 7 atom stereocenters. The van der Waals surface area contributed by atoms with Gasteiger partial charge in [0.25, 0.3) is 0 Å². The van der Waals surface area contributed by atoms with Crippen molar-refractivity contribution >= 4 is 11.9 Å². The molecule has 0 aromatic rings. The van der Waals surface area contributed by atoms with Gasteiger partial charge in [-0.05, 0) is 83.5 Å². The lowest BCUT2D eigenvalue weighted by atomic mass is 9.99. The Kier molecular flexibility index (Phi) is 47.2. The summed E-state index contributed by atoms with van der Waals surface area (Å²) < 4.78 is 16.7. The Morgan fingerprint density at radius 3 is 1.35 bits per heavy atom. The third-order valence-electron chi connectivity index (χ3n) is 14.0. The molecule has 11 heteroatoms. The van der Waals surface area contributed by atoms with Gasteiger partial charge in [0.2, 0.25) is 5.91 Å². The number of unbranched alkanes of at least 4 members (excludes halogenated alkanes) is 33. The summed E-state index contributed by atoms with van der Waals surface area (Å²) in [5, 5.41) is 54.2. The molecule has 0 saturated carbocycles. The molecule has 416 valence electrons. The van der Waals surface area contributed by atoms with Crippen LogP contribution in [0.5, 0.6) is 0 Å². The second-order valence-corrected chi connectivity index (χ2v) is 20.7. The SMILES string of the molecule is CCCCCCCC/C=C\CCCCCCCCCC(=O)OCCCCCCCC/C=C\CCCCCCCCCC(=O)NC(COC1OC(CO)C(O)C(O)C1O)C(O)/C=C/CCCCCCCCC. The number of hydrogen-bond donors (Lipinski definition) is 6. The molecule has 1 aliphatic heterocycles. The Morgan fingerprint density at radius 1 is 0.507 bits per heavy atom. The van der Waals surface area contributed by atoms with Crippen LogP contribution in [0.1, 0.15) is 271 Å². The molecular formula is C60H111NO10. The number of amides is 1. The Bertz CT molecular complexity index is 1280. The van der Waals surface area contributed by atoms with Crippen LogP contribution in [0, 0.1) is 0 Å². The van der Waals surface area contributed by atoms with Crippen LogP contribution in [0.2, 0.25) is 0 Å². The molecule has 0 aliphatic carbocycles. The molecule has 11 nitrogen and oxygen atoms in total. The molecule has 1 heterocycles. The number of hydrogen-bond acceptors (Lipinski definition) is 10. The van der Waals surface area contributed by atoms with Crippen molar-refractivity contribution in [3.8, 4) is 0 Å². The molecular weight excluding hydrogens is 895 g/mol. The fourth-order valence-corrected chi connectivity index (χ4v) is 9.19. The van der Waals surface area contributed by atoms with Crippen LogP contribution in [-0.4, -0.2) is 100 Å². The minimum Gasteiger partial charge on any atom is -0.466 e. The molecule has 0 bridgehead atoms.